The predicted molar refractivity (Wildman–Crippen MR) is 53.6 cm³/mol. The molecule has 0 amide bonds. The zero-order chi connectivity index (χ0) is 9.54. The van der Waals surface area contributed by atoms with Gasteiger partial charge in [0.2, 0.25) is 0 Å². The van der Waals surface area contributed by atoms with Crippen LogP contribution in [0.15, 0.2) is 28.7 Å². The molecule has 2 nitrogen and oxygen atoms in total. The molecular weight excluding hydrogens is 176 g/mol. The molecule has 1 aliphatic rings. The van der Waals surface area contributed by atoms with Gasteiger partial charge in [-0.15, -0.1) is 0 Å². The number of hydrogen-bond acceptors (Lipinski definition) is 2. The van der Waals surface area contributed by atoms with Gasteiger partial charge in [-0.2, -0.15) is 0 Å². The van der Waals surface area contributed by atoms with Crippen LogP contribution in [-0.2, 0) is 0 Å². The van der Waals surface area contributed by atoms with Gasteiger partial charge in [-0.05, 0) is 37.1 Å². The second-order valence-corrected chi connectivity index (χ2v) is 3.84. The van der Waals surface area contributed by atoms with E-state index < -0.39 is 0 Å². The summed E-state index contributed by atoms with van der Waals surface area (Å²) in [5.74, 6) is 1.70. The van der Waals surface area contributed by atoms with Crippen LogP contribution in [0, 0.1) is 0 Å². The van der Waals surface area contributed by atoms with Crippen molar-refractivity contribution in [2.45, 2.75) is 18.8 Å². The number of carbonyl (C=O) groups is 1. The highest BCUT2D eigenvalue weighted by atomic mass is 16.3. The lowest BCUT2D eigenvalue weighted by Gasteiger charge is -1.88. The number of benzene rings is 1. The quantitative estimate of drug-likeness (QED) is 0.674. The van der Waals surface area contributed by atoms with Crippen LogP contribution in [0.5, 0.6) is 0 Å². The van der Waals surface area contributed by atoms with E-state index in [2.05, 4.69) is 6.07 Å². The van der Waals surface area contributed by atoms with Gasteiger partial charge in [0.05, 0.1) is 0 Å². The number of fused-ring (bicyclic) bond motifs is 1. The number of rotatable bonds is 2. The van der Waals surface area contributed by atoms with Crippen LogP contribution in [0.4, 0.5) is 0 Å². The monoisotopic (exact) mass is 186 g/mol. The molecule has 1 fully saturated rings. The molecular formula is C12H10O2. The maximum Gasteiger partial charge on any atom is 0.150 e. The van der Waals surface area contributed by atoms with Gasteiger partial charge in [-0.25, -0.2) is 0 Å². The highest BCUT2D eigenvalue weighted by Gasteiger charge is 2.27. The molecule has 0 atom stereocenters. The minimum absolute atomic E-state index is 0.627. The van der Waals surface area contributed by atoms with E-state index in [1.54, 1.807) is 6.07 Å². The summed E-state index contributed by atoms with van der Waals surface area (Å²) in [6.07, 6.45) is 3.34. The Kier molecular flexibility index (Phi) is 1.51. The molecule has 0 aliphatic heterocycles. The average Bonchev–Trinajstić information content (AvgIpc) is 2.97. The molecule has 2 aromatic rings. The van der Waals surface area contributed by atoms with E-state index in [1.165, 1.54) is 12.8 Å². The van der Waals surface area contributed by atoms with Gasteiger partial charge in [0.25, 0.3) is 0 Å². The van der Waals surface area contributed by atoms with Crippen LogP contribution in [0.2, 0.25) is 0 Å². The van der Waals surface area contributed by atoms with E-state index in [4.69, 9.17) is 4.42 Å². The summed E-state index contributed by atoms with van der Waals surface area (Å²) in [5.41, 5.74) is 1.60. The first-order valence-corrected chi connectivity index (χ1v) is 4.85. The molecule has 0 radical (unpaired) electrons. The lowest BCUT2D eigenvalue weighted by atomic mass is 10.2. The summed E-state index contributed by atoms with van der Waals surface area (Å²) in [6, 6.07) is 7.58. The third kappa shape index (κ3) is 1.15. The average molecular weight is 186 g/mol. The summed E-state index contributed by atoms with van der Waals surface area (Å²) in [4.78, 5) is 10.6. The van der Waals surface area contributed by atoms with Gasteiger partial charge in [0.1, 0.15) is 17.6 Å². The molecule has 0 N–H and O–H groups in total. The van der Waals surface area contributed by atoms with E-state index in [-0.39, 0.29) is 0 Å². The van der Waals surface area contributed by atoms with Crippen LogP contribution < -0.4 is 0 Å². The molecule has 1 aliphatic carbocycles. The molecule has 1 aromatic carbocycles. The molecule has 0 spiro atoms. The Morgan fingerprint density at radius 3 is 2.86 bits per heavy atom. The summed E-state index contributed by atoms with van der Waals surface area (Å²) < 4.78 is 5.68. The van der Waals surface area contributed by atoms with Crippen LogP contribution in [0.25, 0.3) is 11.0 Å². The van der Waals surface area contributed by atoms with Crippen molar-refractivity contribution < 1.29 is 9.21 Å². The summed E-state index contributed by atoms with van der Waals surface area (Å²) in [7, 11) is 0. The zero-order valence-electron chi connectivity index (χ0n) is 7.69. The second-order valence-electron chi connectivity index (χ2n) is 3.84. The van der Waals surface area contributed by atoms with Crippen LogP contribution in [-0.4, -0.2) is 6.29 Å². The fraction of sp³-hybridized carbons (Fsp3) is 0.250. The van der Waals surface area contributed by atoms with Crippen molar-refractivity contribution in [3.05, 3.63) is 35.6 Å². The number of furan rings is 1. The summed E-state index contributed by atoms with van der Waals surface area (Å²) >= 11 is 0. The SMILES string of the molecule is O=Cc1ccc2oc(C3CC3)cc2c1. The minimum atomic E-state index is 0.627. The van der Waals surface area contributed by atoms with Crippen LogP contribution >= 0.6 is 0 Å². The Balaban J connectivity index is 2.17. The molecule has 70 valence electrons. The number of hydrogen-bond donors (Lipinski definition) is 0. The Morgan fingerprint density at radius 2 is 2.14 bits per heavy atom. The van der Waals surface area contributed by atoms with E-state index >= 15 is 0 Å². The molecule has 3 rings (SSSR count). The van der Waals surface area contributed by atoms with Crippen molar-refractivity contribution in [2.24, 2.45) is 0 Å². The van der Waals surface area contributed by atoms with Gasteiger partial charge < -0.3 is 4.42 Å². The third-order valence-electron chi connectivity index (χ3n) is 2.68. The first kappa shape index (κ1) is 7.80. The van der Waals surface area contributed by atoms with Crippen molar-refractivity contribution in [2.75, 3.05) is 0 Å². The number of carbonyl (C=O) groups excluding carboxylic acids is 1. The van der Waals surface area contributed by atoms with Crippen molar-refractivity contribution in [1.29, 1.82) is 0 Å². The van der Waals surface area contributed by atoms with Crippen molar-refractivity contribution in [3.8, 4) is 0 Å². The zero-order valence-corrected chi connectivity index (χ0v) is 7.69. The van der Waals surface area contributed by atoms with Gasteiger partial charge in [-0.1, -0.05) is 0 Å². The number of aldehydes is 1. The van der Waals surface area contributed by atoms with Gasteiger partial charge >= 0.3 is 0 Å². The van der Waals surface area contributed by atoms with Gasteiger partial charge in [0.15, 0.2) is 0 Å². The fourth-order valence-corrected chi connectivity index (χ4v) is 1.72. The van der Waals surface area contributed by atoms with E-state index in [0.717, 1.165) is 23.0 Å². The van der Waals surface area contributed by atoms with Gasteiger partial charge in [-0.3, -0.25) is 4.79 Å². The summed E-state index contributed by atoms with van der Waals surface area (Å²) in [5, 5.41) is 1.04. The largest absolute Gasteiger partial charge is 0.461 e. The molecule has 0 saturated heterocycles. The molecule has 1 heterocycles. The fourth-order valence-electron chi connectivity index (χ4n) is 1.72. The third-order valence-corrected chi connectivity index (χ3v) is 2.68. The lowest BCUT2D eigenvalue weighted by molar-refractivity contribution is 0.112. The van der Waals surface area contributed by atoms with Crippen LogP contribution in [0.1, 0.15) is 34.9 Å². The van der Waals surface area contributed by atoms with Crippen molar-refractivity contribution in [3.63, 3.8) is 0 Å². The maximum absolute atomic E-state index is 10.6. The molecule has 2 heteroatoms. The second kappa shape index (κ2) is 2.71. The molecule has 1 aromatic heterocycles. The topological polar surface area (TPSA) is 30.2 Å². The smallest absolute Gasteiger partial charge is 0.150 e. The molecule has 0 bridgehead atoms. The Hall–Kier alpha value is -1.57. The standard InChI is InChI=1S/C12H10O2/c13-7-8-1-4-11-10(5-8)6-12(14-11)9-2-3-9/h1,4-7,9H,2-3H2. The van der Waals surface area contributed by atoms with Crippen molar-refractivity contribution >= 4 is 17.3 Å². The summed E-state index contributed by atoms with van der Waals surface area (Å²) in [6.45, 7) is 0. The normalized spacial score (nSPS) is 16.0. The Bertz CT molecular complexity index is 492. The first-order valence-electron chi connectivity index (χ1n) is 4.85. The highest BCUT2D eigenvalue weighted by Crippen LogP contribution is 2.42. The minimum Gasteiger partial charge on any atom is -0.461 e. The van der Waals surface area contributed by atoms with E-state index in [0.29, 0.717) is 11.5 Å². The van der Waals surface area contributed by atoms with Gasteiger partial charge in [0, 0.05) is 16.9 Å². The van der Waals surface area contributed by atoms with Crippen molar-refractivity contribution in [1.82, 2.24) is 0 Å². The highest BCUT2D eigenvalue weighted by molar-refractivity contribution is 5.86. The Morgan fingerprint density at radius 1 is 1.29 bits per heavy atom. The predicted octanol–water partition coefficient (Wildman–Crippen LogP) is 3.12. The molecule has 0 unspecified atom stereocenters. The first-order chi connectivity index (χ1) is 6.86. The van der Waals surface area contributed by atoms with E-state index in [9.17, 15) is 4.79 Å². The van der Waals surface area contributed by atoms with E-state index in [1.807, 2.05) is 12.1 Å². The maximum atomic E-state index is 10.6. The molecule has 1 saturated carbocycles. The Labute approximate surface area is 81.5 Å². The van der Waals surface area contributed by atoms with Crippen LogP contribution in [0.3, 0.4) is 0 Å². The molecule has 14 heavy (non-hydrogen) atoms. The lowest BCUT2D eigenvalue weighted by Crippen LogP contribution is -1.75.